The van der Waals surface area contributed by atoms with E-state index in [2.05, 4.69) is 5.32 Å². The summed E-state index contributed by atoms with van der Waals surface area (Å²) in [5.41, 5.74) is 0.957. The van der Waals surface area contributed by atoms with Crippen LogP contribution in [-0.2, 0) is 16.1 Å². The molecule has 0 fully saturated rings. The highest BCUT2D eigenvalue weighted by atomic mass is 35.5. The van der Waals surface area contributed by atoms with Gasteiger partial charge in [-0.2, -0.15) is 0 Å². The largest absolute Gasteiger partial charge is 0.497 e. The van der Waals surface area contributed by atoms with Crippen LogP contribution in [0.5, 0.6) is 11.5 Å². The average molecular weight is 364 g/mol. The summed E-state index contributed by atoms with van der Waals surface area (Å²) < 4.78 is 15.2. The first-order valence-electron chi connectivity index (χ1n) is 7.44. The van der Waals surface area contributed by atoms with Gasteiger partial charge < -0.3 is 19.5 Å². The van der Waals surface area contributed by atoms with Gasteiger partial charge in [0.15, 0.2) is 6.61 Å². The van der Waals surface area contributed by atoms with Gasteiger partial charge in [0.2, 0.25) is 0 Å². The Morgan fingerprint density at radius 3 is 2.52 bits per heavy atom. The molecule has 0 spiro atoms. The molecule has 2 rings (SSSR count). The van der Waals surface area contributed by atoms with Gasteiger partial charge in [-0.15, -0.1) is 0 Å². The molecule has 6 nitrogen and oxygen atoms in total. The lowest BCUT2D eigenvalue weighted by Gasteiger charge is -2.11. The van der Waals surface area contributed by atoms with Crippen LogP contribution in [-0.4, -0.2) is 32.7 Å². The number of carbonyl (C=O) groups is 2. The molecule has 0 aromatic heterocycles. The molecule has 25 heavy (non-hydrogen) atoms. The van der Waals surface area contributed by atoms with Crippen molar-refractivity contribution >= 4 is 23.5 Å². The molecule has 0 atom stereocenters. The summed E-state index contributed by atoms with van der Waals surface area (Å²) in [6.07, 6.45) is 0. The molecule has 1 N–H and O–H groups in total. The van der Waals surface area contributed by atoms with E-state index in [0.29, 0.717) is 16.5 Å². The van der Waals surface area contributed by atoms with E-state index in [9.17, 15) is 9.59 Å². The second-order valence-corrected chi connectivity index (χ2v) is 5.42. The number of benzene rings is 2. The van der Waals surface area contributed by atoms with Gasteiger partial charge in [0.1, 0.15) is 17.1 Å². The van der Waals surface area contributed by atoms with E-state index in [0.717, 1.165) is 5.56 Å². The number of hydrogen-bond acceptors (Lipinski definition) is 5. The Hall–Kier alpha value is -2.73. The zero-order chi connectivity index (χ0) is 18.2. The number of nitrogens with one attached hydrogen (secondary N) is 1. The summed E-state index contributed by atoms with van der Waals surface area (Å²) in [5, 5.41) is 3.20. The quantitative estimate of drug-likeness (QED) is 0.766. The van der Waals surface area contributed by atoms with Crippen LogP contribution in [0.25, 0.3) is 0 Å². The predicted molar refractivity (Wildman–Crippen MR) is 93.1 cm³/mol. The van der Waals surface area contributed by atoms with Crippen LogP contribution in [0.15, 0.2) is 42.5 Å². The molecule has 7 heteroatoms. The molecule has 0 aliphatic carbocycles. The minimum Gasteiger partial charge on any atom is -0.497 e. The molecule has 2 aromatic carbocycles. The van der Waals surface area contributed by atoms with Crippen LogP contribution >= 0.6 is 11.6 Å². The highest BCUT2D eigenvalue weighted by Crippen LogP contribution is 2.24. The first-order chi connectivity index (χ1) is 12.0. The van der Waals surface area contributed by atoms with Crippen molar-refractivity contribution in [2.24, 2.45) is 0 Å². The Bertz CT molecular complexity index is 763. The van der Waals surface area contributed by atoms with Crippen LogP contribution in [0.3, 0.4) is 0 Å². The maximum absolute atomic E-state index is 12.2. The van der Waals surface area contributed by atoms with Gasteiger partial charge >= 0.3 is 5.97 Å². The second kappa shape index (κ2) is 8.94. The summed E-state index contributed by atoms with van der Waals surface area (Å²) in [7, 11) is 2.92. The van der Waals surface area contributed by atoms with Crippen LogP contribution in [0.2, 0.25) is 5.02 Å². The lowest BCUT2D eigenvalue weighted by atomic mass is 10.2. The van der Waals surface area contributed by atoms with Crippen molar-refractivity contribution in [1.82, 2.24) is 5.32 Å². The lowest BCUT2D eigenvalue weighted by molar-refractivity contribution is -0.124. The Morgan fingerprint density at radius 2 is 1.84 bits per heavy atom. The third-order valence-electron chi connectivity index (χ3n) is 3.39. The lowest BCUT2D eigenvalue weighted by Crippen LogP contribution is -2.28. The molecule has 1 amide bonds. The first-order valence-corrected chi connectivity index (χ1v) is 7.82. The molecule has 0 heterocycles. The van der Waals surface area contributed by atoms with Crippen LogP contribution in [0.4, 0.5) is 0 Å². The molecule has 132 valence electrons. The number of hydrogen-bond donors (Lipinski definition) is 1. The maximum atomic E-state index is 12.2. The molecule has 0 bridgehead atoms. The predicted octanol–water partition coefficient (Wildman–Crippen LogP) is 2.83. The van der Waals surface area contributed by atoms with Gasteiger partial charge in [0.25, 0.3) is 5.91 Å². The summed E-state index contributed by atoms with van der Waals surface area (Å²) >= 11 is 6.01. The Kier molecular flexibility index (Phi) is 6.65. The van der Waals surface area contributed by atoms with E-state index in [-0.39, 0.29) is 12.1 Å². The van der Waals surface area contributed by atoms with Crippen molar-refractivity contribution < 1.29 is 23.8 Å². The number of ether oxygens (including phenoxy) is 3. The number of amides is 1. The van der Waals surface area contributed by atoms with Gasteiger partial charge in [-0.3, -0.25) is 4.79 Å². The molecule has 0 radical (unpaired) electrons. The topological polar surface area (TPSA) is 73.9 Å². The van der Waals surface area contributed by atoms with E-state index in [1.807, 2.05) is 6.07 Å². The molecular weight excluding hydrogens is 346 g/mol. The Balaban J connectivity index is 1.91. The van der Waals surface area contributed by atoms with Crippen molar-refractivity contribution in [3.63, 3.8) is 0 Å². The van der Waals surface area contributed by atoms with Gasteiger partial charge in [-0.1, -0.05) is 29.8 Å². The van der Waals surface area contributed by atoms with Crippen molar-refractivity contribution in [2.45, 2.75) is 6.54 Å². The zero-order valence-corrected chi connectivity index (χ0v) is 14.6. The standard InChI is InChI=1S/C18H18ClNO5/c1-23-13-7-8-16(24-2)14(9-13)18(22)25-11-17(21)20-10-12-5-3-4-6-15(12)19/h3-9H,10-11H2,1-2H3,(H,20,21). The highest BCUT2D eigenvalue weighted by molar-refractivity contribution is 6.31. The highest BCUT2D eigenvalue weighted by Gasteiger charge is 2.16. The zero-order valence-electron chi connectivity index (χ0n) is 13.9. The third-order valence-corrected chi connectivity index (χ3v) is 3.76. The first kappa shape index (κ1) is 18.6. The smallest absolute Gasteiger partial charge is 0.342 e. The fourth-order valence-corrected chi connectivity index (χ4v) is 2.27. The van der Waals surface area contributed by atoms with E-state index < -0.39 is 18.5 Å². The molecule has 2 aromatic rings. The average Bonchev–Trinajstić information content (AvgIpc) is 2.64. The summed E-state index contributed by atoms with van der Waals surface area (Å²) in [4.78, 5) is 24.0. The summed E-state index contributed by atoms with van der Waals surface area (Å²) in [6, 6.07) is 11.9. The van der Waals surface area contributed by atoms with Crippen molar-refractivity contribution in [2.75, 3.05) is 20.8 Å². The fourth-order valence-electron chi connectivity index (χ4n) is 2.07. The van der Waals surface area contributed by atoms with Gasteiger partial charge in [0.05, 0.1) is 14.2 Å². The number of esters is 1. The number of methoxy groups -OCH3 is 2. The fraction of sp³-hybridized carbons (Fsp3) is 0.222. The van der Waals surface area contributed by atoms with Gasteiger partial charge in [-0.05, 0) is 29.8 Å². The van der Waals surface area contributed by atoms with E-state index in [4.69, 9.17) is 25.8 Å². The van der Waals surface area contributed by atoms with Crippen LogP contribution in [0.1, 0.15) is 15.9 Å². The van der Waals surface area contributed by atoms with E-state index >= 15 is 0 Å². The molecular formula is C18H18ClNO5. The molecule has 0 saturated heterocycles. The minimum absolute atomic E-state index is 0.181. The van der Waals surface area contributed by atoms with Crippen molar-refractivity contribution in [3.05, 3.63) is 58.6 Å². The molecule has 0 unspecified atom stereocenters. The van der Waals surface area contributed by atoms with Crippen LogP contribution < -0.4 is 14.8 Å². The van der Waals surface area contributed by atoms with Crippen molar-refractivity contribution in [3.8, 4) is 11.5 Å². The molecule has 0 aliphatic rings. The monoisotopic (exact) mass is 363 g/mol. The number of rotatable bonds is 7. The van der Waals surface area contributed by atoms with Gasteiger partial charge in [0, 0.05) is 11.6 Å². The van der Waals surface area contributed by atoms with E-state index in [1.54, 1.807) is 30.3 Å². The number of carbonyl (C=O) groups excluding carboxylic acids is 2. The third kappa shape index (κ3) is 5.12. The summed E-state index contributed by atoms with van der Waals surface area (Å²) in [6.45, 7) is -0.164. The Labute approximate surface area is 150 Å². The minimum atomic E-state index is -0.677. The van der Waals surface area contributed by atoms with Gasteiger partial charge in [-0.25, -0.2) is 4.79 Å². The van der Waals surface area contributed by atoms with E-state index in [1.165, 1.54) is 20.3 Å². The molecule has 0 saturated carbocycles. The summed E-state index contributed by atoms with van der Waals surface area (Å²) in [5.74, 6) is -0.294. The molecule has 0 aliphatic heterocycles. The SMILES string of the molecule is COc1ccc(OC)c(C(=O)OCC(=O)NCc2ccccc2Cl)c1. The second-order valence-electron chi connectivity index (χ2n) is 5.01. The normalized spacial score (nSPS) is 10.0. The number of halogens is 1. The maximum Gasteiger partial charge on any atom is 0.342 e. The Morgan fingerprint density at radius 1 is 1.08 bits per heavy atom. The van der Waals surface area contributed by atoms with Crippen LogP contribution in [0, 0.1) is 0 Å². The van der Waals surface area contributed by atoms with Crippen molar-refractivity contribution in [1.29, 1.82) is 0 Å².